The van der Waals surface area contributed by atoms with Crippen molar-refractivity contribution >= 4 is 16.8 Å². The molecule has 1 aromatic carbocycles. The van der Waals surface area contributed by atoms with Crippen LogP contribution in [-0.2, 0) is 16.0 Å². The number of methoxy groups -OCH3 is 1. The molecule has 1 heterocycles. The number of hydrogen-bond donors (Lipinski definition) is 2. The van der Waals surface area contributed by atoms with Crippen LogP contribution in [0.2, 0.25) is 0 Å². The highest BCUT2D eigenvalue weighted by atomic mass is 19.1. The van der Waals surface area contributed by atoms with Gasteiger partial charge in [0, 0.05) is 30.8 Å². The van der Waals surface area contributed by atoms with Gasteiger partial charge in [0.15, 0.2) is 0 Å². The van der Waals surface area contributed by atoms with E-state index in [1.807, 2.05) is 0 Å². The van der Waals surface area contributed by atoms with Crippen molar-refractivity contribution in [2.24, 2.45) is 0 Å². The lowest BCUT2D eigenvalue weighted by atomic mass is 10.1. The lowest BCUT2D eigenvalue weighted by Gasteiger charge is -2.03. The molecule has 0 aliphatic rings. The van der Waals surface area contributed by atoms with Crippen molar-refractivity contribution < 1.29 is 13.9 Å². The van der Waals surface area contributed by atoms with E-state index in [-0.39, 0.29) is 18.1 Å². The molecule has 0 aliphatic heterocycles. The topological polar surface area (TPSA) is 54.1 Å². The summed E-state index contributed by atoms with van der Waals surface area (Å²) in [6, 6.07) is 4.49. The Morgan fingerprint density at radius 3 is 3.11 bits per heavy atom. The van der Waals surface area contributed by atoms with Gasteiger partial charge >= 0.3 is 0 Å². The summed E-state index contributed by atoms with van der Waals surface area (Å²) in [6.07, 6.45) is 2.01. The Morgan fingerprint density at radius 1 is 1.50 bits per heavy atom. The highest BCUT2D eigenvalue weighted by molar-refractivity contribution is 5.88. The Kier molecular flexibility index (Phi) is 3.94. The van der Waals surface area contributed by atoms with Gasteiger partial charge in [0.05, 0.1) is 13.0 Å². The first-order valence-corrected chi connectivity index (χ1v) is 5.72. The number of aromatic amines is 1. The zero-order chi connectivity index (χ0) is 13.0. The van der Waals surface area contributed by atoms with Gasteiger partial charge in [-0.15, -0.1) is 0 Å². The Bertz CT molecular complexity index is 551. The third kappa shape index (κ3) is 2.87. The molecule has 0 fully saturated rings. The average Bonchev–Trinajstić information content (AvgIpc) is 2.72. The van der Waals surface area contributed by atoms with Gasteiger partial charge in [0.25, 0.3) is 0 Å². The van der Waals surface area contributed by atoms with Gasteiger partial charge < -0.3 is 15.0 Å². The maximum Gasteiger partial charge on any atom is 0.224 e. The second-order valence-electron chi connectivity index (χ2n) is 4.02. The molecule has 4 nitrogen and oxygen atoms in total. The molecule has 2 aromatic rings. The maximum absolute atomic E-state index is 13.0. The molecule has 0 radical (unpaired) electrons. The zero-order valence-corrected chi connectivity index (χ0v) is 10.1. The summed E-state index contributed by atoms with van der Waals surface area (Å²) >= 11 is 0. The molecular weight excluding hydrogens is 235 g/mol. The van der Waals surface area contributed by atoms with E-state index in [0.717, 1.165) is 10.9 Å². The standard InChI is InChI=1S/C13H15FN2O2/c1-18-5-4-15-13(17)6-9-8-16-12-7-10(14)2-3-11(9)12/h2-3,7-8,16H,4-6H2,1H3,(H,15,17). The molecule has 5 heteroatoms. The fraction of sp³-hybridized carbons (Fsp3) is 0.308. The molecule has 0 saturated heterocycles. The number of rotatable bonds is 5. The molecule has 1 amide bonds. The summed E-state index contributed by atoms with van der Waals surface area (Å²) in [6.45, 7) is 0.983. The minimum absolute atomic E-state index is 0.0720. The molecule has 2 rings (SSSR count). The summed E-state index contributed by atoms with van der Waals surface area (Å²) in [7, 11) is 1.58. The van der Waals surface area contributed by atoms with E-state index in [4.69, 9.17) is 4.74 Å². The van der Waals surface area contributed by atoms with E-state index in [9.17, 15) is 9.18 Å². The summed E-state index contributed by atoms with van der Waals surface area (Å²) in [5.41, 5.74) is 1.56. The van der Waals surface area contributed by atoms with Crippen molar-refractivity contribution in [2.75, 3.05) is 20.3 Å². The number of carbonyl (C=O) groups is 1. The van der Waals surface area contributed by atoms with Crippen LogP contribution in [-0.4, -0.2) is 31.2 Å². The summed E-state index contributed by atoms with van der Waals surface area (Å²) in [4.78, 5) is 14.6. The van der Waals surface area contributed by atoms with Crippen LogP contribution in [0.3, 0.4) is 0 Å². The minimum Gasteiger partial charge on any atom is -0.383 e. The molecule has 0 aliphatic carbocycles. The normalized spacial score (nSPS) is 10.8. The number of benzene rings is 1. The molecule has 0 unspecified atom stereocenters. The van der Waals surface area contributed by atoms with Crippen LogP contribution < -0.4 is 5.32 Å². The number of hydrogen-bond acceptors (Lipinski definition) is 2. The first-order valence-electron chi connectivity index (χ1n) is 5.72. The van der Waals surface area contributed by atoms with Gasteiger partial charge in [-0.05, 0) is 23.8 Å². The Balaban J connectivity index is 2.05. The van der Waals surface area contributed by atoms with Crippen molar-refractivity contribution in [3.05, 3.63) is 35.8 Å². The van der Waals surface area contributed by atoms with Gasteiger partial charge in [-0.1, -0.05) is 0 Å². The Hall–Kier alpha value is -1.88. The SMILES string of the molecule is COCCNC(=O)Cc1c[nH]c2cc(F)ccc12. The number of ether oxygens (including phenoxy) is 1. The lowest BCUT2D eigenvalue weighted by Crippen LogP contribution is -2.28. The number of aromatic nitrogens is 1. The van der Waals surface area contributed by atoms with Crippen LogP contribution in [0.5, 0.6) is 0 Å². The van der Waals surface area contributed by atoms with Gasteiger partial charge in [0.1, 0.15) is 5.82 Å². The van der Waals surface area contributed by atoms with E-state index in [1.54, 1.807) is 19.4 Å². The molecule has 0 bridgehead atoms. The molecule has 96 valence electrons. The highest BCUT2D eigenvalue weighted by Gasteiger charge is 2.08. The van der Waals surface area contributed by atoms with Gasteiger partial charge in [-0.3, -0.25) is 4.79 Å². The first-order chi connectivity index (χ1) is 8.70. The first kappa shape index (κ1) is 12.6. The summed E-state index contributed by atoms with van der Waals surface area (Å²) < 4.78 is 17.8. The third-order valence-electron chi connectivity index (χ3n) is 2.71. The maximum atomic E-state index is 13.0. The summed E-state index contributed by atoms with van der Waals surface area (Å²) in [5.74, 6) is -0.363. The number of carbonyl (C=O) groups excluding carboxylic acids is 1. The molecule has 18 heavy (non-hydrogen) atoms. The average molecular weight is 250 g/mol. The third-order valence-corrected chi connectivity index (χ3v) is 2.71. The number of halogens is 1. The number of H-pyrrole nitrogens is 1. The van der Waals surface area contributed by atoms with Gasteiger partial charge in [-0.25, -0.2) is 4.39 Å². The molecule has 0 saturated carbocycles. The second-order valence-corrected chi connectivity index (χ2v) is 4.02. The number of fused-ring (bicyclic) bond motifs is 1. The van der Waals surface area contributed by atoms with Crippen molar-refractivity contribution in [1.82, 2.24) is 10.3 Å². The molecule has 1 aromatic heterocycles. The van der Waals surface area contributed by atoms with Crippen molar-refractivity contribution in [3.8, 4) is 0 Å². The van der Waals surface area contributed by atoms with E-state index >= 15 is 0 Å². The van der Waals surface area contributed by atoms with Crippen LogP contribution in [0.1, 0.15) is 5.56 Å². The highest BCUT2D eigenvalue weighted by Crippen LogP contribution is 2.19. The van der Waals surface area contributed by atoms with Crippen LogP contribution in [0.4, 0.5) is 4.39 Å². The predicted octanol–water partition coefficient (Wildman–Crippen LogP) is 1.61. The quantitative estimate of drug-likeness (QED) is 0.792. The van der Waals surface area contributed by atoms with E-state index < -0.39 is 0 Å². The van der Waals surface area contributed by atoms with E-state index in [1.165, 1.54) is 12.1 Å². The van der Waals surface area contributed by atoms with Crippen LogP contribution in [0.25, 0.3) is 10.9 Å². The number of amides is 1. The van der Waals surface area contributed by atoms with E-state index in [2.05, 4.69) is 10.3 Å². The Labute approximate surface area is 104 Å². The molecular formula is C13H15FN2O2. The lowest BCUT2D eigenvalue weighted by molar-refractivity contribution is -0.120. The zero-order valence-electron chi connectivity index (χ0n) is 10.1. The monoisotopic (exact) mass is 250 g/mol. The van der Waals surface area contributed by atoms with Gasteiger partial charge in [-0.2, -0.15) is 0 Å². The second kappa shape index (κ2) is 5.64. The largest absolute Gasteiger partial charge is 0.383 e. The smallest absolute Gasteiger partial charge is 0.224 e. The van der Waals surface area contributed by atoms with E-state index in [0.29, 0.717) is 18.7 Å². The fourth-order valence-corrected chi connectivity index (χ4v) is 1.83. The van der Waals surface area contributed by atoms with Gasteiger partial charge in [0.2, 0.25) is 5.91 Å². The van der Waals surface area contributed by atoms with Crippen molar-refractivity contribution in [2.45, 2.75) is 6.42 Å². The predicted molar refractivity (Wildman–Crippen MR) is 66.8 cm³/mol. The van der Waals surface area contributed by atoms with Crippen LogP contribution in [0, 0.1) is 5.82 Å². The molecule has 0 spiro atoms. The fourth-order valence-electron chi connectivity index (χ4n) is 1.83. The Morgan fingerprint density at radius 2 is 2.33 bits per heavy atom. The molecule has 2 N–H and O–H groups in total. The van der Waals surface area contributed by atoms with Crippen LogP contribution >= 0.6 is 0 Å². The summed E-state index contributed by atoms with van der Waals surface area (Å²) in [5, 5.41) is 3.62. The number of nitrogens with one attached hydrogen (secondary N) is 2. The van der Waals surface area contributed by atoms with Crippen LogP contribution in [0.15, 0.2) is 24.4 Å². The van der Waals surface area contributed by atoms with Crippen molar-refractivity contribution in [3.63, 3.8) is 0 Å². The molecule has 0 atom stereocenters. The van der Waals surface area contributed by atoms with Crippen molar-refractivity contribution in [1.29, 1.82) is 0 Å². The minimum atomic E-state index is -0.291.